The number of carbonyl (C=O) groups excluding carboxylic acids is 1. The van der Waals surface area contributed by atoms with Gasteiger partial charge in [0.2, 0.25) is 0 Å². The summed E-state index contributed by atoms with van der Waals surface area (Å²) in [6.45, 7) is 3.17. The van der Waals surface area contributed by atoms with Crippen LogP contribution in [0, 0.1) is 0 Å². The normalized spacial score (nSPS) is 17.2. The van der Waals surface area contributed by atoms with Crippen LogP contribution in [0.4, 0.5) is 0 Å². The minimum Gasteiger partial charge on any atom is -0.301 e. The van der Waals surface area contributed by atoms with Crippen LogP contribution in [0.2, 0.25) is 0 Å². The lowest BCUT2D eigenvalue weighted by Crippen LogP contribution is -2.34. The smallest absolute Gasteiger partial charge is 0.164 e. The Kier molecular flexibility index (Phi) is 4.43. The van der Waals surface area contributed by atoms with Crippen LogP contribution < -0.4 is 0 Å². The Morgan fingerprint density at radius 1 is 1.19 bits per heavy atom. The minimum absolute atomic E-state index is 0.263. The van der Waals surface area contributed by atoms with Crippen molar-refractivity contribution >= 4 is 17.5 Å². The second-order valence-electron chi connectivity index (χ2n) is 3.99. The summed E-state index contributed by atoms with van der Waals surface area (Å²) < 4.78 is 0. The minimum atomic E-state index is 0.263. The molecule has 0 radical (unpaired) electrons. The molecule has 86 valence electrons. The highest BCUT2D eigenvalue weighted by atomic mass is 32.2. The maximum atomic E-state index is 11.9. The van der Waals surface area contributed by atoms with Gasteiger partial charge in [-0.2, -0.15) is 11.8 Å². The number of nitrogens with zero attached hydrogens (tertiary/aromatic N) is 1. The summed E-state index contributed by atoms with van der Waals surface area (Å²) in [4.78, 5) is 14.2. The van der Waals surface area contributed by atoms with Crippen molar-refractivity contribution in [3.8, 4) is 0 Å². The Morgan fingerprint density at radius 2 is 1.88 bits per heavy atom. The van der Waals surface area contributed by atoms with Crippen molar-refractivity contribution in [2.75, 3.05) is 31.1 Å². The fraction of sp³-hybridized carbons (Fsp3) is 0.462. The van der Waals surface area contributed by atoms with Crippen LogP contribution in [0.3, 0.4) is 0 Å². The van der Waals surface area contributed by atoms with Gasteiger partial charge in [0.1, 0.15) is 0 Å². The zero-order valence-electron chi connectivity index (χ0n) is 9.39. The van der Waals surface area contributed by atoms with E-state index in [0.717, 1.165) is 25.2 Å². The second kappa shape index (κ2) is 6.06. The van der Waals surface area contributed by atoms with E-state index in [-0.39, 0.29) is 5.78 Å². The number of carbonyl (C=O) groups is 1. The molecule has 0 spiro atoms. The molecular formula is C13H17NOS. The molecule has 0 saturated carbocycles. The van der Waals surface area contributed by atoms with Crippen LogP contribution in [0.1, 0.15) is 16.8 Å². The van der Waals surface area contributed by atoms with Crippen LogP contribution in [0.25, 0.3) is 0 Å². The number of hydrogen-bond acceptors (Lipinski definition) is 3. The summed E-state index contributed by atoms with van der Waals surface area (Å²) in [5, 5.41) is 0. The molecule has 1 aliphatic heterocycles. The lowest BCUT2D eigenvalue weighted by molar-refractivity contribution is 0.0966. The molecule has 2 nitrogen and oxygen atoms in total. The van der Waals surface area contributed by atoms with E-state index in [1.807, 2.05) is 42.1 Å². The van der Waals surface area contributed by atoms with E-state index in [2.05, 4.69) is 4.90 Å². The largest absolute Gasteiger partial charge is 0.301 e. The maximum absolute atomic E-state index is 11.9. The predicted octanol–water partition coefficient (Wildman–Crippen LogP) is 2.31. The molecule has 0 aromatic heterocycles. The van der Waals surface area contributed by atoms with Crippen LogP contribution in [0.5, 0.6) is 0 Å². The zero-order valence-corrected chi connectivity index (χ0v) is 10.2. The van der Waals surface area contributed by atoms with Gasteiger partial charge in [0.25, 0.3) is 0 Å². The molecule has 1 aliphatic rings. The van der Waals surface area contributed by atoms with Crippen molar-refractivity contribution < 1.29 is 4.79 Å². The molecule has 0 N–H and O–H groups in total. The Hall–Kier alpha value is -0.800. The Labute approximate surface area is 101 Å². The molecule has 0 bridgehead atoms. The SMILES string of the molecule is O=C(CCN1CCSCC1)c1ccccc1. The molecule has 0 aliphatic carbocycles. The van der Waals surface area contributed by atoms with Crippen molar-refractivity contribution in [2.45, 2.75) is 6.42 Å². The van der Waals surface area contributed by atoms with Crippen LogP contribution >= 0.6 is 11.8 Å². The average molecular weight is 235 g/mol. The fourth-order valence-electron chi connectivity index (χ4n) is 1.85. The molecule has 0 unspecified atom stereocenters. The number of rotatable bonds is 4. The Morgan fingerprint density at radius 3 is 2.56 bits per heavy atom. The van der Waals surface area contributed by atoms with Crippen molar-refractivity contribution in [1.82, 2.24) is 4.90 Å². The van der Waals surface area contributed by atoms with Crippen molar-refractivity contribution in [3.63, 3.8) is 0 Å². The third-order valence-electron chi connectivity index (χ3n) is 2.85. The van der Waals surface area contributed by atoms with E-state index in [4.69, 9.17) is 0 Å². The van der Waals surface area contributed by atoms with Gasteiger partial charge in [-0.05, 0) is 0 Å². The summed E-state index contributed by atoms with van der Waals surface area (Å²) >= 11 is 2.00. The lowest BCUT2D eigenvalue weighted by Gasteiger charge is -2.25. The lowest BCUT2D eigenvalue weighted by atomic mass is 10.1. The fourth-order valence-corrected chi connectivity index (χ4v) is 2.83. The summed E-state index contributed by atoms with van der Waals surface area (Å²) in [5.74, 6) is 2.68. The molecule has 1 fully saturated rings. The third kappa shape index (κ3) is 3.35. The number of benzene rings is 1. The highest BCUT2D eigenvalue weighted by Crippen LogP contribution is 2.10. The standard InChI is InChI=1S/C13H17NOS/c15-13(12-4-2-1-3-5-12)6-7-14-8-10-16-11-9-14/h1-5H,6-11H2. The van der Waals surface area contributed by atoms with Crippen LogP contribution in [0.15, 0.2) is 30.3 Å². The van der Waals surface area contributed by atoms with Crippen LogP contribution in [-0.2, 0) is 0 Å². The quantitative estimate of drug-likeness (QED) is 0.747. The Bertz CT molecular complexity index is 333. The number of Topliss-reactive ketones (excluding diaryl/α,β-unsaturated/α-hetero) is 1. The van der Waals surface area contributed by atoms with E-state index in [1.54, 1.807) is 0 Å². The summed E-state index contributed by atoms with van der Waals surface area (Å²) in [6, 6.07) is 9.58. The molecule has 2 rings (SSSR count). The van der Waals surface area contributed by atoms with Gasteiger partial charge < -0.3 is 4.90 Å². The number of hydrogen-bond donors (Lipinski definition) is 0. The van der Waals surface area contributed by atoms with Gasteiger partial charge in [-0.25, -0.2) is 0 Å². The topological polar surface area (TPSA) is 20.3 Å². The molecular weight excluding hydrogens is 218 g/mol. The second-order valence-corrected chi connectivity index (χ2v) is 5.22. The highest BCUT2D eigenvalue weighted by molar-refractivity contribution is 7.99. The van der Waals surface area contributed by atoms with Gasteiger partial charge >= 0.3 is 0 Å². The first-order chi connectivity index (χ1) is 7.86. The van der Waals surface area contributed by atoms with Gasteiger partial charge in [-0.15, -0.1) is 0 Å². The molecule has 1 aromatic rings. The molecule has 0 amide bonds. The van der Waals surface area contributed by atoms with Gasteiger partial charge in [-0.3, -0.25) is 4.79 Å². The first-order valence-electron chi connectivity index (χ1n) is 5.74. The van der Waals surface area contributed by atoms with E-state index in [9.17, 15) is 4.79 Å². The van der Waals surface area contributed by atoms with Gasteiger partial charge in [0.05, 0.1) is 0 Å². The zero-order chi connectivity index (χ0) is 11.2. The van der Waals surface area contributed by atoms with Crippen molar-refractivity contribution in [2.24, 2.45) is 0 Å². The number of ketones is 1. The van der Waals surface area contributed by atoms with Gasteiger partial charge in [0.15, 0.2) is 5.78 Å². The maximum Gasteiger partial charge on any atom is 0.164 e. The van der Waals surface area contributed by atoms with Gasteiger partial charge in [0, 0.05) is 43.1 Å². The summed E-state index contributed by atoms with van der Waals surface area (Å²) in [5.41, 5.74) is 0.842. The number of thioether (sulfide) groups is 1. The summed E-state index contributed by atoms with van der Waals surface area (Å²) in [6.07, 6.45) is 0.647. The van der Waals surface area contributed by atoms with E-state index in [0.29, 0.717) is 6.42 Å². The Balaban J connectivity index is 1.79. The highest BCUT2D eigenvalue weighted by Gasteiger charge is 2.12. The first-order valence-corrected chi connectivity index (χ1v) is 6.90. The molecule has 0 atom stereocenters. The van der Waals surface area contributed by atoms with Crippen molar-refractivity contribution in [1.29, 1.82) is 0 Å². The average Bonchev–Trinajstić information content (AvgIpc) is 2.38. The summed E-state index contributed by atoms with van der Waals surface area (Å²) in [7, 11) is 0. The van der Waals surface area contributed by atoms with E-state index < -0.39 is 0 Å². The van der Waals surface area contributed by atoms with E-state index >= 15 is 0 Å². The van der Waals surface area contributed by atoms with Crippen LogP contribution in [-0.4, -0.2) is 41.8 Å². The third-order valence-corrected chi connectivity index (χ3v) is 3.80. The van der Waals surface area contributed by atoms with E-state index in [1.165, 1.54) is 11.5 Å². The molecule has 16 heavy (non-hydrogen) atoms. The predicted molar refractivity (Wildman–Crippen MR) is 69.2 cm³/mol. The van der Waals surface area contributed by atoms with Gasteiger partial charge in [-0.1, -0.05) is 30.3 Å². The first kappa shape index (κ1) is 11.7. The molecule has 1 saturated heterocycles. The van der Waals surface area contributed by atoms with Crippen molar-refractivity contribution in [3.05, 3.63) is 35.9 Å². The molecule has 1 aromatic carbocycles. The molecule has 1 heterocycles. The molecule has 3 heteroatoms. The monoisotopic (exact) mass is 235 g/mol.